The van der Waals surface area contributed by atoms with Gasteiger partial charge in [-0.1, -0.05) is 0 Å². The van der Waals surface area contributed by atoms with Crippen LogP contribution in [0, 0.1) is 5.82 Å². The molecule has 1 aromatic carbocycles. The topological polar surface area (TPSA) is 69.7 Å². The Kier molecular flexibility index (Phi) is 4.43. The van der Waals surface area contributed by atoms with E-state index < -0.39 is 9.84 Å². The molecule has 2 aliphatic heterocycles. The van der Waals surface area contributed by atoms with Gasteiger partial charge in [0, 0.05) is 37.9 Å². The molecule has 2 aliphatic rings. The maximum Gasteiger partial charge on any atom is 0.317 e. The molecule has 1 atom stereocenters. The van der Waals surface area contributed by atoms with Crippen molar-refractivity contribution in [2.75, 3.05) is 42.6 Å². The molecule has 23 heavy (non-hydrogen) atoms. The quantitative estimate of drug-likeness (QED) is 0.866. The number of piperazine rings is 1. The van der Waals surface area contributed by atoms with Crippen LogP contribution in [-0.2, 0) is 9.84 Å². The smallest absolute Gasteiger partial charge is 0.317 e. The summed E-state index contributed by atoms with van der Waals surface area (Å²) in [5.74, 6) is -0.0804. The van der Waals surface area contributed by atoms with Crippen molar-refractivity contribution in [2.24, 2.45) is 0 Å². The number of urea groups is 1. The van der Waals surface area contributed by atoms with Crippen molar-refractivity contribution in [3.05, 3.63) is 30.1 Å². The predicted octanol–water partition coefficient (Wildman–Crippen LogP) is 0.844. The zero-order valence-corrected chi connectivity index (χ0v) is 13.6. The summed E-state index contributed by atoms with van der Waals surface area (Å²) < 4.78 is 35.8. The van der Waals surface area contributed by atoms with E-state index in [0.29, 0.717) is 32.6 Å². The van der Waals surface area contributed by atoms with Crippen molar-refractivity contribution in [2.45, 2.75) is 12.5 Å². The largest absolute Gasteiger partial charge is 0.368 e. The van der Waals surface area contributed by atoms with Crippen molar-refractivity contribution in [3.8, 4) is 0 Å². The highest BCUT2D eigenvalue weighted by molar-refractivity contribution is 7.91. The fourth-order valence-corrected chi connectivity index (χ4v) is 4.67. The molecule has 2 fully saturated rings. The van der Waals surface area contributed by atoms with E-state index in [1.807, 2.05) is 0 Å². The molecule has 1 N–H and O–H groups in total. The number of rotatable bonds is 2. The molecule has 2 saturated heterocycles. The van der Waals surface area contributed by atoms with Crippen molar-refractivity contribution >= 4 is 21.6 Å². The van der Waals surface area contributed by atoms with E-state index in [0.717, 1.165) is 5.69 Å². The molecule has 8 heteroatoms. The first-order valence-electron chi connectivity index (χ1n) is 7.69. The second-order valence-corrected chi connectivity index (χ2v) is 8.23. The number of halogens is 1. The van der Waals surface area contributed by atoms with Gasteiger partial charge in [0.2, 0.25) is 0 Å². The third-order valence-electron chi connectivity index (χ3n) is 4.32. The fourth-order valence-electron chi connectivity index (χ4n) is 2.99. The summed E-state index contributed by atoms with van der Waals surface area (Å²) in [7, 11) is -2.99. The third kappa shape index (κ3) is 3.93. The van der Waals surface area contributed by atoms with Gasteiger partial charge in [0.15, 0.2) is 9.84 Å². The number of nitrogens with one attached hydrogen (secondary N) is 1. The molecule has 0 aromatic heterocycles. The van der Waals surface area contributed by atoms with Gasteiger partial charge in [-0.05, 0) is 30.7 Å². The van der Waals surface area contributed by atoms with Crippen molar-refractivity contribution < 1.29 is 17.6 Å². The molecule has 0 bridgehead atoms. The number of carbonyl (C=O) groups excluding carboxylic acids is 1. The average Bonchev–Trinajstić information content (AvgIpc) is 2.87. The molecular weight excluding hydrogens is 321 g/mol. The highest BCUT2D eigenvalue weighted by Gasteiger charge is 2.30. The maximum atomic E-state index is 12.9. The van der Waals surface area contributed by atoms with E-state index in [-0.39, 0.29) is 29.4 Å². The van der Waals surface area contributed by atoms with E-state index in [1.165, 1.54) is 12.1 Å². The normalized spacial score (nSPS) is 23.8. The Labute approximate surface area is 135 Å². The SMILES string of the molecule is O=C(N[C@H]1CCS(=O)(=O)C1)N1CCN(c2ccc(F)cc2)CC1. The van der Waals surface area contributed by atoms with Gasteiger partial charge in [-0.3, -0.25) is 0 Å². The number of nitrogens with zero attached hydrogens (tertiary/aromatic N) is 2. The molecular formula is C15H20FN3O3S. The number of benzene rings is 1. The molecule has 3 rings (SSSR count). The minimum Gasteiger partial charge on any atom is -0.368 e. The average molecular weight is 341 g/mol. The monoisotopic (exact) mass is 341 g/mol. The number of anilines is 1. The van der Waals surface area contributed by atoms with E-state index >= 15 is 0 Å². The van der Waals surface area contributed by atoms with Crippen LogP contribution in [0.15, 0.2) is 24.3 Å². The van der Waals surface area contributed by atoms with Gasteiger partial charge in [-0.15, -0.1) is 0 Å². The van der Waals surface area contributed by atoms with Gasteiger partial charge < -0.3 is 15.1 Å². The van der Waals surface area contributed by atoms with Crippen LogP contribution in [-0.4, -0.2) is 63.1 Å². The van der Waals surface area contributed by atoms with Crippen LogP contribution >= 0.6 is 0 Å². The summed E-state index contributed by atoms with van der Waals surface area (Å²) in [6.45, 7) is 2.45. The number of hydrogen-bond donors (Lipinski definition) is 1. The number of amides is 2. The molecule has 2 heterocycles. The summed E-state index contributed by atoms with van der Waals surface area (Å²) in [5, 5.41) is 2.81. The first-order chi connectivity index (χ1) is 10.9. The standard InChI is InChI=1S/C15H20FN3O3S/c16-12-1-3-14(4-2-12)18-6-8-19(9-7-18)15(20)17-13-5-10-23(21,22)11-13/h1-4,13H,5-11H2,(H,17,20)/t13-/m0/s1. The van der Waals surface area contributed by atoms with E-state index in [9.17, 15) is 17.6 Å². The molecule has 0 saturated carbocycles. The van der Waals surface area contributed by atoms with Crippen LogP contribution in [0.1, 0.15) is 6.42 Å². The summed E-state index contributed by atoms with van der Waals surface area (Å²) in [6.07, 6.45) is 0.490. The second-order valence-electron chi connectivity index (χ2n) is 6.00. The first-order valence-corrected chi connectivity index (χ1v) is 9.51. The minimum atomic E-state index is -2.99. The molecule has 126 valence electrons. The zero-order valence-electron chi connectivity index (χ0n) is 12.7. The third-order valence-corrected chi connectivity index (χ3v) is 6.09. The Morgan fingerprint density at radius 2 is 1.78 bits per heavy atom. The maximum absolute atomic E-state index is 12.9. The molecule has 2 amide bonds. The van der Waals surface area contributed by atoms with Crippen LogP contribution in [0.5, 0.6) is 0 Å². The molecule has 0 spiro atoms. The Bertz CT molecular complexity index is 670. The van der Waals surface area contributed by atoms with Crippen LogP contribution in [0.25, 0.3) is 0 Å². The van der Waals surface area contributed by atoms with E-state index in [2.05, 4.69) is 10.2 Å². The van der Waals surface area contributed by atoms with Gasteiger partial charge in [0.05, 0.1) is 11.5 Å². The van der Waals surface area contributed by atoms with Crippen LogP contribution in [0.3, 0.4) is 0 Å². The Morgan fingerprint density at radius 3 is 2.35 bits per heavy atom. The number of carbonyl (C=O) groups is 1. The lowest BCUT2D eigenvalue weighted by atomic mass is 10.2. The van der Waals surface area contributed by atoms with Crippen molar-refractivity contribution in [1.29, 1.82) is 0 Å². The molecule has 6 nitrogen and oxygen atoms in total. The number of sulfone groups is 1. The Morgan fingerprint density at radius 1 is 1.13 bits per heavy atom. The highest BCUT2D eigenvalue weighted by atomic mass is 32.2. The molecule has 0 radical (unpaired) electrons. The van der Waals surface area contributed by atoms with Crippen molar-refractivity contribution in [3.63, 3.8) is 0 Å². The second kappa shape index (κ2) is 6.35. The summed E-state index contributed by atoms with van der Waals surface area (Å²) in [4.78, 5) is 16.0. The lowest BCUT2D eigenvalue weighted by Gasteiger charge is -2.36. The molecule has 0 unspecified atom stereocenters. The van der Waals surface area contributed by atoms with Gasteiger partial charge in [-0.2, -0.15) is 0 Å². The zero-order chi connectivity index (χ0) is 16.4. The Balaban J connectivity index is 1.50. The summed E-state index contributed by atoms with van der Waals surface area (Å²) in [5.41, 5.74) is 0.938. The lowest BCUT2D eigenvalue weighted by Crippen LogP contribution is -2.53. The fraction of sp³-hybridized carbons (Fsp3) is 0.533. The minimum absolute atomic E-state index is 0.0360. The van der Waals surface area contributed by atoms with Crippen molar-refractivity contribution in [1.82, 2.24) is 10.2 Å². The molecule has 1 aromatic rings. The van der Waals surface area contributed by atoms with E-state index in [4.69, 9.17) is 0 Å². The van der Waals surface area contributed by atoms with E-state index in [1.54, 1.807) is 17.0 Å². The first kappa shape index (κ1) is 16.0. The van der Waals surface area contributed by atoms with Gasteiger partial charge >= 0.3 is 6.03 Å². The molecule has 0 aliphatic carbocycles. The van der Waals surface area contributed by atoms with Crippen LogP contribution in [0.4, 0.5) is 14.9 Å². The van der Waals surface area contributed by atoms with Gasteiger partial charge in [-0.25, -0.2) is 17.6 Å². The van der Waals surface area contributed by atoms with Gasteiger partial charge in [0.25, 0.3) is 0 Å². The van der Waals surface area contributed by atoms with Crippen LogP contribution < -0.4 is 10.2 Å². The summed E-state index contributed by atoms with van der Waals surface area (Å²) in [6, 6.07) is 5.83. The van der Waals surface area contributed by atoms with Crippen LogP contribution in [0.2, 0.25) is 0 Å². The predicted molar refractivity (Wildman–Crippen MR) is 85.8 cm³/mol. The van der Waals surface area contributed by atoms with Gasteiger partial charge in [0.1, 0.15) is 5.82 Å². The Hall–Kier alpha value is -1.83. The lowest BCUT2D eigenvalue weighted by molar-refractivity contribution is 0.191. The summed E-state index contributed by atoms with van der Waals surface area (Å²) >= 11 is 0. The highest BCUT2D eigenvalue weighted by Crippen LogP contribution is 2.17. The number of hydrogen-bond acceptors (Lipinski definition) is 4.